The number of rotatable bonds is 3. The first-order chi connectivity index (χ1) is 11.5. The van der Waals surface area contributed by atoms with Gasteiger partial charge in [0.05, 0.1) is 11.4 Å². The van der Waals surface area contributed by atoms with Crippen molar-refractivity contribution in [2.75, 3.05) is 5.32 Å². The monoisotopic (exact) mass is 414 g/mol. The standard InChI is InChI=1S/C16H10BrClF2N2O2/c17-10-5-8(19)6-12(20)15(10)21-16(23)14-7-13(22-24-14)9-3-1-2-4-11(9)18/h1-6,14H,7H2,(H,21,23)/t14-/m0/s1. The molecule has 124 valence electrons. The molecule has 1 aliphatic rings. The van der Waals surface area contributed by atoms with E-state index >= 15 is 0 Å². The van der Waals surface area contributed by atoms with E-state index < -0.39 is 23.6 Å². The molecule has 0 spiro atoms. The fraction of sp³-hybridized carbons (Fsp3) is 0.125. The van der Waals surface area contributed by atoms with Crippen molar-refractivity contribution in [2.24, 2.45) is 5.16 Å². The first kappa shape index (κ1) is 16.9. The van der Waals surface area contributed by atoms with Gasteiger partial charge in [0, 0.05) is 27.5 Å². The van der Waals surface area contributed by atoms with E-state index in [-0.39, 0.29) is 16.6 Å². The summed E-state index contributed by atoms with van der Waals surface area (Å²) in [4.78, 5) is 17.4. The topological polar surface area (TPSA) is 50.7 Å². The fourth-order valence-corrected chi connectivity index (χ4v) is 2.99. The molecule has 24 heavy (non-hydrogen) atoms. The van der Waals surface area contributed by atoms with E-state index in [1.54, 1.807) is 24.3 Å². The minimum absolute atomic E-state index is 0.0959. The fourth-order valence-electron chi connectivity index (χ4n) is 2.24. The Labute approximate surface area is 149 Å². The van der Waals surface area contributed by atoms with Crippen molar-refractivity contribution >= 4 is 44.8 Å². The number of amides is 1. The van der Waals surface area contributed by atoms with Gasteiger partial charge in [-0.3, -0.25) is 4.79 Å². The quantitative estimate of drug-likeness (QED) is 0.802. The summed E-state index contributed by atoms with van der Waals surface area (Å²) in [7, 11) is 0. The molecule has 0 saturated carbocycles. The molecule has 1 amide bonds. The van der Waals surface area contributed by atoms with Crippen molar-refractivity contribution in [3.63, 3.8) is 0 Å². The Hall–Kier alpha value is -1.99. The van der Waals surface area contributed by atoms with Gasteiger partial charge in [-0.1, -0.05) is 35.0 Å². The second-order valence-electron chi connectivity index (χ2n) is 5.05. The Bertz CT molecular complexity index is 822. The van der Waals surface area contributed by atoms with E-state index in [9.17, 15) is 13.6 Å². The van der Waals surface area contributed by atoms with Crippen molar-refractivity contribution in [3.8, 4) is 0 Å². The number of carbonyl (C=O) groups excluding carboxylic acids is 1. The van der Waals surface area contributed by atoms with Gasteiger partial charge in [0.1, 0.15) is 5.82 Å². The van der Waals surface area contributed by atoms with Crippen LogP contribution in [0.3, 0.4) is 0 Å². The van der Waals surface area contributed by atoms with Crippen molar-refractivity contribution < 1.29 is 18.4 Å². The van der Waals surface area contributed by atoms with Gasteiger partial charge < -0.3 is 10.2 Å². The summed E-state index contributed by atoms with van der Waals surface area (Å²) in [6.07, 6.45) is -0.733. The molecule has 0 aromatic heterocycles. The second-order valence-corrected chi connectivity index (χ2v) is 6.31. The van der Waals surface area contributed by atoms with Crippen molar-refractivity contribution in [3.05, 3.63) is 63.1 Å². The smallest absolute Gasteiger partial charge is 0.268 e. The van der Waals surface area contributed by atoms with Crippen LogP contribution in [-0.4, -0.2) is 17.7 Å². The molecule has 2 aromatic rings. The van der Waals surface area contributed by atoms with E-state index in [1.165, 1.54) is 0 Å². The summed E-state index contributed by atoms with van der Waals surface area (Å²) in [5.74, 6) is -2.23. The van der Waals surface area contributed by atoms with Crippen molar-refractivity contribution in [1.29, 1.82) is 0 Å². The molecule has 0 aliphatic carbocycles. The number of hydrogen-bond acceptors (Lipinski definition) is 3. The first-order valence-electron chi connectivity index (χ1n) is 6.88. The summed E-state index contributed by atoms with van der Waals surface area (Å²) >= 11 is 9.10. The minimum atomic E-state index is -0.923. The van der Waals surface area contributed by atoms with Gasteiger partial charge in [-0.25, -0.2) is 8.78 Å². The van der Waals surface area contributed by atoms with Crippen LogP contribution in [0.5, 0.6) is 0 Å². The molecule has 0 radical (unpaired) electrons. The zero-order valence-electron chi connectivity index (χ0n) is 12.0. The highest BCUT2D eigenvalue weighted by molar-refractivity contribution is 9.10. The number of nitrogens with one attached hydrogen (secondary N) is 1. The summed E-state index contributed by atoms with van der Waals surface area (Å²) in [5, 5.41) is 6.74. The maximum absolute atomic E-state index is 13.8. The normalized spacial score (nSPS) is 16.5. The van der Waals surface area contributed by atoms with Gasteiger partial charge in [-0.15, -0.1) is 0 Å². The molecule has 2 aromatic carbocycles. The van der Waals surface area contributed by atoms with Crippen LogP contribution in [0.1, 0.15) is 12.0 Å². The molecule has 0 unspecified atom stereocenters. The number of carbonyl (C=O) groups is 1. The molecule has 1 atom stereocenters. The van der Waals surface area contributed by atoms with E-state index in [1.807, 2.05) is 0 Å². The highest BCUT2D eigenvalue weighted by atomic mass is 79.9. The Balaban J connectivity index is 1.72. The molecule has 0 fully saturated rings. The SMILES string of the molecule is O=C(Nc1c(F)cc(F)cc1Br)[C@@H]1CC(c2ccccc2Cl)=NO1. The van der Waals surface area contributed by atoms with E-state index in [2.05, 4.69) is 26.4 Å². The molecule has 0 bridgehead atoms. The van der Waals surface area contributed by atoms with Gasteiger partial charge in [-0.05, 0) is 28.1 Å². The van der Waals surface area contributed by atoms with Crippen LogP contribution >= 0.6 is 27.5 Å². The summed E-state index contributed by atoms with van der Waals surface area (Å²) in [5.41, 5.74) is 1.04. The molecule has 1 heterocycles. The van der Waals surface area contributed by atoms with Crippen LogP contribution in [-0.2, 0) is 9.63 Å². The maximum Gasteiger partial charge on any atom is 0.268 e. The molecule has 4 nitrogen and oxygen atoms in total. The lowest BCUT2D eigenvalue weighted by molar-refractivity contribution is -0.125. The molecule has 1 N–H and O–H groups in total. The molecule has 0 saturated heterocycles. The van der Waals surface area contributed by atoms with E-state index in [0.29, 0.717) is 22.4 Å². The first-order valence-corrected chi connectivity index (χ1v) is 8.06. The predicted octanol–water partition coefficient (Wildman–Crippen LogP) is 4.51. The maximum atomic E-state index is 13.8. The number of benzene rings is 2. The third kappa shape index (κ3) is 3.42. The van der Waals surface area contributed by atoms with Crippen LogP contribution < -0.4 is 5.32 Å². The molecule has 3 rings (SSSR count). The lowest BCUT2D eigenvalue weighted by Crippen LogP contribution is -2.28. The Morgan fingerprint density at radius 2 is 2.08 bits per heavy atom. The predicted molar refractivity (Wildman–Crippen MR) is 90.2 cm³/mol. The Morgan fingerprint density at radius 1 is 1.33 bits per heavy atom. The lowest BCUT2D eigenvalue weighted by atomic mass is 10.0. The molecule has 8 heteroatoms. The van der Waals surface area contributed by atoms with E-state index in [4.69, 9.17) is 16.4 Å². The van der Waals surface area contributed by atoms with Crippen LogP contribution in [0.15, 0.2) is 46.0 Å². The molecule has 1 aliphatic heterocycles. The largest absolute Gasteiger partial charge is 0.382 e. The van der Waals surface area contributed by atoms with Crippen LogP contribution in [0.25, 0.3) is 0 Å². The van der Waals surface area contributed by atoms with Gasteiger partial charge in [0.2, 0.25) is 6.10 Å². The average molecular weight is 416 g/mol. The summed E-state index contributed by atoms with van der Waals surface area (Å²) < 4.78 is 27.0. The van der Waals surface area contributed by atoms with Crippen molar-refractivity contribution in [2.45, 2.75) is 12.5 Å². The number of oxime groups is 1. The van der Waals surface area contributed by atoms with Gasteiger partial charge in [-0.2, -0.15) is 0 Å². The van der Waals surface area contributed by atoms with Crippen LogP contribution in [0.2, 0.25) is 5.02 Å². The highest BCUT2D eigenvalue weighted by Crippen LogP contribution is 2.28. The zero-order valence-corrected chi connectivity index (χ0v) is 14.4. The lowest BCUT2D eigenvalue weighted by Gasteiger charge is -2.12. The number of hydrogen-bond donors (Lipinski definition) is 1. The van der Waals surface area contributed by atoms with Crippen LogP contribution in [0, 0.1) is 11.6 Å². The molecular formula is C16H10BrClF2N2O2. The van der Waals surface area contributed by atoms with Gasteiger partial charge >= 0.3 is 0 Å². The van der Waals surface area contributed by atoms with Crippen molar-refractivity contribution in [1.82, 2.24) is 0 Å². The summed E-state index contributed by atoms with van der Waals surface area (Å²) in [6.45, 7) is 0. The Morgan fingerprint density at radius 3 is 2.79 bits per heavy atom. The van der Waals surface area contributed by atoms with Gasteiger partial charge in [0.15, 0.2) is 5.82 Å². The third-order valence-electron chi connectivity index (χ3n) is 3.40. The number of nitrogens with zero attached hydrogens (tertiary/aromatic N) is 1. The molecular weight excluding hydrogens is 406 g/mol. The minimum Gasteiger partial charge on any atom is -0.382 e. The summed E-state index contributed by atoms with van der Waals surface area (Å²) in [6, 6.07) is 8.78. The second kappa shape index (κ2) is 6.86. The van der Waals surface area contributed by atoms with Crippen LogP contribution in [0.4, 0.5) is 14.5 Å². The number of anilines is 1. The number of halogens is 4. The highest BCUT2D eigenvalue weighted by Gasteiger charge is 2.30. The average Bonchev–Trinajstić information content (AvgIpc) is 3.01. The Kier molecular flexibility index (Phi) is 4.82. The van der Waals surface area contributed by atoms with E-state index in [0.717, 1.165) is 6.07 Å². The zero-order chi connectivity index (χ0) is 17.3. The third-order valence-corrected chi connectivity index (χ3v) is 4.36. The van der Waals surface area contributed by atoms with Gasteiger partial charge in [0.25, 0.3) is 5.91 Å².